The number of carbonyl (C=O) groups excluding carboxylic acids is 2. The molecule has 0 spiro atoms. The number of carboxylic acid groups (broad SMARTS) is 1. The van der Waals surface area contributed by atoms with Crippen LogP contribution in [0.4, 0.5) is 0 Å². The van der Waals surface area contributed by atoms with Gasteiger partial charge < -0.3 is 89.0 Å². The molecular formula is C49H88O21. The fourth-order valence-electron chi connectivity index (χ4n) is 8.85. The van der Waals surface area contributed by atoms with E-state index >= 15 is 0 Å². The minimum Gasteiger partial charge on any atom is -0.479 e. The van der Waals surface area contributed by atoms with Crippen LogP contribution in [0.3, 0.4) is 0 Å². The van der Waals surface area contributed by atoms with Crippen LogP contribution >= 0.6 is 0 Å². The Hall–Kier alpha value is -2.19. The van der Waals surface area contributed by atoms with Gasteiger partial charge in [0.15, 0.2) is 31.1 Å². The number of ether oxygens (including phenoxy) is 8. The lowest BCUT2D eigenvalue weighted by Crippen LogP contribution is -2.65. The number of aliphatic carboxylic acids is 1. The first kappa shape index (κ1) is 62.1. The van der Waals surface area contributed by atoms with E-state index in [1.807, 2.05) is 6.92 Å². The smallest absolute Gasteiger partial charge is 0.332 e. The zero-order chi connectivity index (χ0) is 51.8. The van der Waals surface area contributed by atoms with Crippen molar-refractivity contribution in [3.05, 3.63) is 0 Å². The Labute approximate surface area is 413 Å². The monoisotopic (exact) mass is 1010 g/mol. The van der Waals surface area contributed by atoms with E-state index in [-0.39, 0.29) is 18.9 Å². The molecule has 3 fully saturated rings. The summed E-state index contributed by atoms with van der Waals surface area (Å²) in [6.07, 6.45) is -7.77. The predicted molar refractivity (Wildman–Crippen MR) is 248 cm³/mol. The normalized spacial score (nSPS) is 31.2. The molecule has 0 aromatic heterocycles. The molecule has 0 aromatic rings. The van der Waals surface area contributed by atoms with Crippen molar-refractivity contribution in [1.82, 2.24) is 0 Å². The molecule has 10 N–H and O–H groups in total. The zero-order valence-corrected chi connectivity index (χ0v) is 41.8. The first-order chi connectivity index (χ1) is 33.3. The SMILES string of the molecule is CCCCC(CCC[C@H](O)C(O)CCCCCCCCCCCCCC[C@H](O)C(=O)O)OC1OC[C@H](O)[C@@H](O)[C@@H]1O[C@H]1OC[C@H](O)[C@@H](O)[C@@H]1O[C@H]1O[C@@H](COC(=O)CC(C)C)[C@H](OC(C)=O)[C@@H](O)[C@@H]1O. The van der Waals surface area contributed by atoms with Gasteiger partial charge in [-0.3, -0.25) is 9.59 Å². The molecule has 0 aliphatic carbocycles. The molecule has 3 aliphatic rings. The second-order valence-electron chi connectivity index (χ2n) is 19.7. The van der Waals surface area contributed by atoms with Crippen molar-refractivity contribution in [3.63, 3.8) is 0 Å². The first-order valence-corrected chi connectivity index (χ1v) is 25.9. The van der Waals surface area contributed by atoms with E-state index in [0.29, 0.717) is 38.5 Å². The molecule has 17 atom stereocenters. The van der Waals surface area contributed by atoms with Crippen molar-refractivity contribution < 1.29 is 103 Å². The number of rotatable bonds is 35. The molecule has 3 saturated heterocycles. The van der Waals surface area contributed by atoms with Gasteiger partial charge in [-0.15, -0.1) is 0 Å². The quantitative estimate of drug-likeness (QED) is 0.0321. The average molecular weight is 1010 g/mol. The van der Waals surface area contributed by atoms with Gasteiger partial charge >= 0.3 is 17.9 Å². The summed E-state index contributed by atoms with van der Waals surface area (Å²) < 4.78 is 46.5. The van der Waals surface area contributed by atoms with Crippen molar-refractivity contribution in [3.8, 4) is 0 Å². The van der Waals surface area contributed by atoms with Crippen LogP contribution < -0.4 is 0 Å². The summed E-state index contributed by atoms with van der Waals surface area (Å²) in [5.74, 6) is -2.62. The van der Waals surface area contributed by atoms with Crippen LogP contribution in [0.1, 0.15) is 163 Å². The number of hydrogen-bond donors (Lipinski definition) is 10. The van der Waals surface area contributed by atoms with Gasteiger partial charge in [-0.05, 0) is 44.4 Å². The molecule has 0 bridgehead atoms. The van der Waals surface area contributed by atoms with Gasteiger partial charge in [0, 0.05) is 13.3 Å². The van der Waals surface area contributed by atoms with E-state index in [0.717, 1.165) is 96.8 Å². The molecule has 0 aromatic carbocycles. The third-order valence-electron chi connectivity index (χ3n) is 13.1. The Morgan fingerprint density at radius 1 is 0.586 bits per heavy atom. The summed E-state index contributed by atoms with van der Waals surface area (Å²) in [5.41, 5.74) is 0. The van der Waals surface area contributed by atoms with E-state index < -0.39 is 135 Å². The van der Waals surface area contributed by atoms with Crippen molar-refractivity contribution in [2.24, 2.45) is 5.92 Å². The molecule has 410 valence electrons. The second kappa shape index (κ2) is 33.6. The van der Waals surface area contributed by atoms with Crippen LogP contribution in [0.5, 0.6) is 0 Å². The minimum atomic E-state index is -1.91. The van der Waals surface area contributed by atoms with Gasteiger partial charge in [0.1, 0.15) is 61.5 Å². The summed E-state index contributed by atoms with van der Waals surface area (Å²) in [4.78, 5) is 35.0. The van der Waals surface area contributed by atoms with E-state index in [1.165, 1.54) is 0 Å². The van der Waals surface area contributed by atoms with E-state index in [2.05, 4.69) is 0 Å². The second-order valence-corrected chi connectivity index (χ2v) is 19.7. The highest BCUT2D eigenvalue weighted by Gasteiger charge is 2.52. The summed E-state index contributed by atoms with van der Waals surface area (Å²) in [7, 11) is 0. The number of carbonyl (C=O) groups is 3. The van der Waals surface area contributed by atoms with Crippen LogP contribution in [-0.4, -0.2) is 193 Å². The maximum Gasteiger partial charge on any atom is 0.332 e. The Bertz CT molecular complexity index is 1440. The predicted octanol–water partition coefficient (Wildman–Crippen LogP) is 2.26. The standard InChI is InChI=1S/C49H88O21/c1-5-6-20-31(21-19-24-33(52)32(51)22-17-15-13-11-9-7-8-10-12-14-16-18-23-34(53)46(61)62)67-48-44(39(57)35(54)26-64-48)70-49-45(40(58)36(55)27-65-49)69-47-42(60)41(59)43(66-30(4)50)37(68-47)28-63-38(56)25-29(2)3/h29,31-37,39-45,47-49,51-55,57-60H,5-28H2,1-4H3,(H,61,62)/t31?,32?,33-,34-,35-,36-,37-,39+,40+,41-,42-,43-,44-,45-,47+,48?,49+/m0/s1. The summed E-state index contributed by atoms with van der Waals surface area (Å²) >= 11 is 0. The molecule has 3 rings (SSSR count). The highest BCUT2D eigenvalue weighted by atomic mass is 16.8. The number of hydrogen-bond acceptors (Lipinski definition) is 20. The van der Waals surface area contributed by atoms with Gasteiger partial charge in [0.05, 0.1) is 31.5 Å². The zero-order valence-electron chi connectivity index (χ0n) is 41.8. The molecule has 0 saturated carbocycles. The maximum absolute atomic E-state index is 12.4. The molecule has 3 unspecified atom stereocenters. The lowest BCUT2D eigenvalue weighted by Gasteiger charge is -2.46. The number of carboxylic acids is 1. The highest BCUT2D eigenvalue weighted by Crippen LogP contribution is 2.33. The maximum atomic E-state index is 12.4. The summed E-state index contributed by atoms with van der Waals surface area (Å²) in [6.45, 7) is 5.41. The molecule has 21 heteroatoms. The fourth-order valence-corrected chi connectivity index (χ4v) is 8.85. The molecule has 3 aliphatic heterocycles. The van der Waals surface area contributed by atoms with Crippen molar-refractivity contribution in [2.45, 2.75) is 267 Å². The number of aliphatic hydroxyl groups excluding tert-OH is 9. The van der Waals surface area contributed by atoms with Crippen LogP contribution in [0, 0.1) is 5.92 Å². The van der Waals surface area contributed by atoms with Gasteiger partial charge in [0.25, 0.3) is 0 Å². The third-order valence-corrected chi connectivity index (χ3v) is 13.1. The molecule has 70 heavy (non-hydrogen) atoms. The number of aliphatic hydroxyl groups is 9. The Morgan fingerprint density at radius 3 is 1.60 bits per heavy atom. The lowest BCUT2D eigenvalue weighted by molar-refractivity contribution is -0.380. The van der Waals surface area contributed by atoms with E-state index in [1.54, 1.807) is 13.8 Å². The van der Waals surface area contributed by atoms with E-state index in [9.17, 15) is 60.3 Å². The summed E-state index contributed by atoms with van der Waals surface area (Å²) in [5, 5.41) is 106. The van der Waals surface area contributed by atoms with Crippen LogP contribution in [0.2, 0.25) is 0 Å². The molecule has 3 heterocycles. The molecule has 0 radical (unpaired) electrons. The lowest BCUT2D eigenvalue weighted by atomic mass is 9.98. The van der Waals surface area contributed by atoms with Gasteiger partial charge in [-0.25, -0.2) is 4.79 Å². The Kier molecular flexibility index (Phi) is 29.8. The largest absolute Gasteiger partial charge is 0.479 e. The van der Waals surface area contributed by atoms with Crippen LogP contribution in [0.15, 0.2) is 0 Å². The summed E-state index contributed by atoms with van der Waals surface area (Å²) in [6, 6.07) is 0. The minimum absolute atomic E-state index is 0.0403. The van der Waals surface area contributed by atoms with Gasteiger partial charge in [0.2, 0.25) is 0 Å². The Morgan fingerprint density at radius 2 is 1.07 bits per heavy atom. The van der Waals surface area contributed by atoms with Crippen LogP contribution in [-0.2, 0) is 52.3 Å². The van der Waals surface area contributed by atoms with Crippen LogP contribution in [0.25, 0.3) is 0 Å². The first-order valence-electron chi connectivity index (χ1n) is 25.9. The number of unbranched alkanes of at least 4 members (excludes halogenated alkanes) is 12. The van der Waals surface area contributed by atoms with Gasteiger partial charge in [-0.2, -0.15) is 0 Å². The molecule has 21 nitrogen and oxygen atoms in total. The van der Waals surface area contributed by atoms with Crippen molar-refractivity contribution >= 4 is 17.9 Å². The van der Waals surface area contributed by atoms with Crippen molar-refractivity contribution in [2.75, 3.05) is 19.8 Å². The third kappa shape index (κ3) is 22.1. The topological polar surface area (TPSA) is 327 Å². The molecular weight excluding hydrogens is 925 g/mol. The van der Waals surface area contributed by atoms with Crippen molar-refractivity contribution in [1.29, 1.82) is 0 Å². The average Bonchev–Trinajstić information content (AvgIpc) is 3.31. The van der Waals surface area contributed by atoms with E-state index in [4.69, 9.17) is 43.0 Å². The Balaban J connectivity index is 1.52. The number of esters is 2. The van der Waals surface area contributed by atoms with Gasteiger partial charge in [-0.1, -0.05) is 111 Å². The molecule has 0 amide bonds. The highest BCUT2D eigenvalue weighted by molar-refractivity contribution is 5.71. The fraction of sp³-hybridized carbons (Fsp3) is 0.939.